The molecule has 1 aliphatic rings. The van der Waals surface area contributed by atoms with E-state index in [2.05, 4.69) is 0 Å². The van der Waals surface area contributed by atoms with Crippen LogP contribution in [-0.2, 0) is 14.3 Å². The number of aliphatic hydroxyl groups excluding tert-OH is 1. The predicted molar refractivity (Wildman–Crippen MR) is 114 cm³/mol. The molecule has 0 amide bonds. The minimum atomic E-state index is -1.30. The Morgan fingerprint density at radius 1 is 1.13 bits per heavy atom. The molecule has 2 heterocycles. The van der Waals surface area contributed by atoms with E-state index in [0.717, 1.165) is 5.56 Å². The van der Waals surface area contributed by atoms with Crippen molar-refractivity contribution >= 4 is 16.9 Å². The summed E-state index contributed by atoms with van der Waals surface area (Å²) in [4.78, 5) is 24.7. The normalized spacial score (nSPS) is 22.4. The molecule has 0 radical (unpaired) electrons. The molecular formula is C24H24O7. The Morgan fingerprint density at radius 2 is 1.84 bits per heavy atom. The van der Waals surface area contributed by atoms with Crippen molar-refractivity contribution in [2.75, 3.05) is 7.11 Å². The monoisotopic (exact) mass is 424 g/mol. The fraction of sp³-hybridized carbons (Fsp3) is 0.333. The number of methoxy groups -OCH3 is 1. The predicted octanol–water partition coefficient (Wildman–Crippen LogP) is 3.61. The van der Waals surface area contributed by atoms with Crippen molar-refractivity contribution in [1.82, 2.24) is 0 Å². The Kier molecular flexibility index (Phi) is 5.33. The number of esters is 1. The summed E-state index contributed by atoms with van der Waals surface area (Å²) in [5.74, 6) is -0.564. The zero-order chi connectivity index (χ0) is 22.3. The zero-order valence-electron chi connectivity index (χ0n) is 17.7. The zero-order valence-corrected chi connectivity index (χ0v) is 17.7. The van der Waals surface area contributed by atoms with E-state index in [1.807, 2.05) is 30.3 Å². The fourth-order valence-corrected chi connectivity index (χ4v) is 4.18. The Balaban J connectivity index is 2.01. The van der Waals surface area contributed by atoms with Crippen LogP contribution in [-0.4, -0.2) is 36.2 Å². The second kappa shape index (κ2) is 7.83. The van der Waals surface area contributed by atoms with Crippen LogP contribution in [0.5, 0.6) is 5.75 Å². The van der Waals surface area contributed by atoms with Crippen molar-refractivity contribution in [3.8, 4) is 17.1 Å². The first kappa shape index (κ1) is 21.1. The SMILES string of the molecule is COc1ccc2c(=O)cc(-c3ccccc3)oc2c1C1C(O)OC(C)(C)C1OC(C)=O. The number of fused-ring (bicyclic) bond motifs is 1. The largest absolute Gasteiger partial charge is 0.496 e. The molecule has 1 fully saturated rings. The summed E-state index contributed by atoms with van der Waals surface area (Å²) >= 11 is 0. The number of benzene rings is 2. The minimum Gasteiger partial charge on any atom is -0.496 e. The summed E-state index contributed by atoms with van der Waals surface area (Å²) in [7, 11) is 1.48. The third-order valence-electron chi connectivity index (χ3n) is 5.54. The van der Waals surface area contributed by atoms with Crippen LogP contribution in [0, 0.1) is 0 Å². The summed E-state index contributed by atoms with van der Waals surface area (Å²) in [6.07, 6.45) is -2.13. The van der Waals surface area contributed by atoms with Gasteiger partial charge in [-0.1, -0.05) is 30.3 Å². The maximum atomic E-state index is 12.9. The van der Waals surface area contributed by atoms with Crippen molar-refractivity contribution in [1.29, 1.82) is 0 Å². The van der Waals surface area contributed by atoms with E-state index in [-0.39, 0.29) is 11.0 Å². The molecule has 3 atom stereocenters. The summed E-state index contributed by atoms with van der Waals surface area (Å²) < 4.78 is 23.0. The van der Waals surface area contributed by atoms with Gasteiger partial charge in [0.25, 0.3) is 0 Å². The second-order valence-electron chi connectivity index (χ2n) is 8.07. The molecule has 2 aromatic carbocycles. The Bertz CT molecular complexity index is 1180. The van der Waals surface area contributed by atoms with E-state index in [9.17, 15) is 14.7 Å². The van der Waals surface area contributed by atoms with Gasteiger partial charge in [-0.25, -0.2) is 0 Å². The Hall–Kier alpha value is -3.16. The molecule has 1 N–H and O–H groups in total. The van der Waals surface area contributed by atoms with Crippen LogP contribution in [0.25, 0.3) is 22.3 Å². The van der Waals surface area contributed by atoms with E-state index in [1.54, 1.807) is 26.0 Å². The lowest BCUT2D eigenvalue weighted by Crippen LogP contribution is -2.38. The highest BCUT2D eigenvalue weighted by molar-refractivity contribution is 5.85. The third-order valence-corrected chi connectivity index (χ3v) is 5.54. The van der Waals surface area contributed by atoms with E-state index in [0.29, 0.717) is 22.5 Å². The van der Waals surface area contributed by atoms with Crippen LogP contribution < -0.4 is 10.2 Å². The number of carbonyl (C=O) groups excluding carboxylic acids is 1. The molecule has 3 aromatic rings. The fourth-order valence-electron chi connectivity index (χ4n) is 4.18. The van der Waals surface area contributed by atoms with Gasteiger partial charge in [0.05, 0.1) is 18.4 Å². The van der Waals surface area contributed by atoms with E-state index in [1.165, 1.54) is 20.1 Å². The van der Waals surface area contributed by atoms with Crippen molar-refractivity contribution in [2.45, 2.75) is 44.7 Å². The highest BCUT2D eigenvalue weighted by atomic mass is 16.7. The lowest BCUT2D eigenvalue weighted by atomic mass is 9.85. The highest BCUT2D eigenvalue weighted by Gasteiger charge is 2.53. The quantitative estimate of drug-likeness (QED) is 0.639. The smallest absolute Gasteiger partial charge is 0.303 e. The number of hydrogen-bond acceptors (Lipinski definition) is 7. The molecular weight excluding hydrogens is 400 g/mol. The second-order valence-corrected chi connectivity index (χ2v) is 8.07. The number of carbonyl (C=O) groups is 1. The number of hydrogen-bond donors (Lipinski definition) is 1. The minimum absolute atomic E-state index is 0.235. The summed E-state index contributed by atoms with van der Waals surface area (Å²) in [6, 6.07) is 13.9. The van der Waals surface area contributed by atoms with Gasteiger partial charge in [0.2, 0.25) is 0 Å². The first-order chi connectivity index (χ1) is 14.7. The molecule has 1 saturated heterocycles. The molecule has 1 aromatic heterocycles. The van der Waals surface area contributed by atoms with E-state index in [4.69, 9.17) is 18.6 Å². The van der Waals surface area contributed by atoms with Crippen molar-refractivity contribution < 1.29 is 28.5 Å². The lowest BCUT2D eigenvalue weighted by molar-refractivity contribution is -0.160. The summed E-state index contributed by atoms with van der Waals surface area (Å²) in [6.45, 7) is 4.76. The van der Waals surface area contributed by atoms with Crippen molar-refractivity contribution in [3.05, 3.63) is 64.3 Å². The van der Waals surface area contributed by atoms with Crippen molar-refractivity contribution in [3.63, 3.8) is 0 Å². The first-order valence-electron chi connectivity index (χ1n) is 9.96. The average Bonchev–Trinajstić information content (AvgIpc) is 2.94. The van der Waals surface area contributed by atoms with Gasteiger partial charge in [-0.15, -0.1) is 0 Å². The third kappa shape index (κ3) is 3.71. The van der Waals surface area contributed by atoms with Crippen molar-refractivity contribution in [2.24, 2.45) is 0 Å². The molecule has 7 heteroatoms. The van der Waals surface area contributed by atoms with Crippen LogP contribution in [0.2, 0.25) is 0 Å². The summed E-state index contributed by atoms with van der Waals surface area (Å²) in [5.41, 5.74) is 0.198. The molecule has 0 aliphatic carbocycles. The maximum absolute atomic E-state index is 12.9. The Labute approximate surface area is 179 Å². The molecule has 0 bridgehead atoms. The first-order valence-corrected chi connectivity index (χ1v) is 9.96. The van der Waals surface area contributed by atoms with Gasteiger partial charge in [-0.3, -0.25) is 9.59 Å². The van der Waals surface area contributed by atoms with Gasteiger partial charge >= 0.3 is 5.97 Å². The van der Waals surface area contributed by atoms with Gasteiger partial charge in [-0.2, -0.15) is 0 Å². The van der Waals surface area contributed by atoms with Crippen LogP contribution in [0.4, 0.5) is 0 Å². The molecule has 4 rings (SSSR count). The molecule has 0 spiro atoms. The lowest BCUT2D eigenvalue weighted by Gasteiger charge is -2.28. The van der Waals surface area contributed by atoms with E-state index < -0.39 is 29.9 Å². The number of aliphatic hydroxyl groups is 1. The molecule has 0 saturated carbocycles. The van der Waals surface area contributed by atoms with Gasteiger partial charge in [0.15, 0.2) is 11.7 Å². The van der Waals surface area contributed by atoms with Crippen LogP contribution >= 0.6 is 0 Å². The molecule has 3 unspecified atom stereocenters. The maximum Gasteiger partial charge on any atom is 0.303 e. The van der Waals surface area contributed by atoms with Crippen LogP contribution in [0.1, 0.15) is 32.3 Å². The highest BCUT2D eigenvalue weighted by Crippen LogP contribution is 2.47. The molecule has 162 valence electrons. The van der Waals surface area contributed by atoms with Gasteiger partial charge < -0.3 is 23.7 Å². The Morgan fingerprint density at radius 3 is 2.48 bits per heavy atom. The van der Waals surface area contributed by atoms with Gasteiger partial charge in [0, 0.05) is 24.1 Å². The van der Waals surface area contributed by atoms with Crippen LogP contribution in [0.15, 0.2) is 57.7 Å². The molecule has 1 aliphatic heterocycles. The summed E-state index contributed by atoms with van der Waals surface area (Å²) in [5, 5.41) is 11.1. The molecule has 31 heavy (non-hydrogen) atoms. The number of rotatable bonds is 4. The van der Waals surface area contributed by atoms with Gasteiger partial charge in [0.1, 0.15) is 28.8 Å². The molecule has 7 nitrogen and oxygen atoms in total. The van der Waals surface area contributed by atoms with Crippen LogP contribution in [0.3, 0.4) is 0 Å². The van der Waals surface area contributed by atoms with Gasteiger partial charge in [-0.05, 0) is 26.0 Å². The topological polar surface area (TPSA) is 95.2 Å². The standard InChI is InChI=1S/C24H24O7/c1-13(25)29-22-20(23(27)31-24(22,2)3)19-17(28-4)11-10-15-16(26)12-18(30-21(15)19)14-8-6-5-7-9-14/h5-12,20,22-23,27H,1-4H3. The average molecular weight is 424 g/mol. The number of ether oxygens (including phenoxy) is 3. The van der Waals surface area contributed by atoms with E-state index >= 15 is 0 Å².